The van der Waals surface area contributed by atoms with Gasteiger partial charge < -0.3 is 9.64 Å². The second-order valence-corrected chi connectivity index (χ2v) is 9.94. The summed E-state index contributed by atoms with van der Waals surface area (Å²) < 4.78 is 35.0. The van der Waals surface area contributed by atoms with Crippen molar-refractivity contribution in [1.29, 1.82) is 0 Å². The number of para-hydroxylation sites is 1. The summed E-state index contributed by atoms with van der Waals surface area (Å²) in [6.45, 7) is 3.26. The van der Waals surface area contributed by atoms with Gasteiger partial charge in [-0.25, -0.2) is 4.98 Å². The van der Waals surface area contributed by atoms with Crippen molar-refractivity contribution in [2.24, 2.45) is 0 Å². The molecule has 4 rings (SSSR count). The van der Waals surface area contributed by atoms with Crippen molar-refractivity contribution in [3.8, 4) is 0 Å². The van der Waals surface area contributed by atoms with E-state index in [4.69, 9.17) is 4.74 Å². The summed E-state index contributed by atoms with van der Waals surface area (Å²) in [5.41, 5.74) is 0.920. The number of rotatable bonds is 4. The van der Waals surface area contributed by atoms with Gasteiger partial charge in [-0.05, 0) is 24.6 Å². The van der Waals surface area contributed by atoms with Crippen molar-refractivity contribution >= 4 is 43.7 Å². The lowest BCUT2D eigenvalue weighted by Crippen LogP contribution is -2.49. The third-order valence-corrected chi connectivity index (χ3v) is 8.11. The third kappa shape index (κ3) is 4.67. The molecule has 0 unspecified atom stereocenters. The number of nitrogens with zero attached hydrogens (tertiary/aromatic N) is 4. The normalized spacial score (nSPS) is 20.3. The fourth-order valence-corrected chi connectivity index (χ4v) is 5.97. The molecule has 0 radical (unpaired) electrons. The van der Waals surface area contributed by atoms with Crippen LogP contribution in [-0.2, 0) is 19.7 Å². The molecule has 0 spiro atoms. The van der Waals surface area contributed by atoms with Gasteiger partial charge in [0.05, 0.1) is 23.4 Å². The van der Waals surface area contributed by atoms with Crippen LogP contribution >= 0.6 is 11.3 Å². The lowest BCUT2D eigenvalue weighted by atomic mass is 10.3. The molecule has 0 bridgehead atoms. The number of aromatic nitrogens is 1. The number of hydrogen-bond donors (Lipinski definition) is 0. The van der Waals surface area contributed by atoms with Crippen LogP contribution in [0.4, 0.5) is 0 Å². The highest BCUT2D eigenvalue weighted by Crippen LogP contribution is 2.22. The van der Waals surface area contributed by atoms with Crippen LogP contribution in [-0.4, -0.2) is 85.3 Å². The summed E-state index contributed by atoms with van der Waals surface area (Å²) in [4.78, 5) is 18.8. The predicted molar refractivity (Wildman–Crippen MR) is 113 cm³/mol. The van der Waals surface area contributed by atoms with Gasteiger partial charge in [-0.2, -0.15) is 17.0 Å². The minimum Gasteiger partial charge on any atom is -0.379 e. The molecule has 2 aliphatic heterocycles. The molecule has 0 N–H and O–H groups in total. The lowest BCUT2D eigenvalue weighted by molar-refractivity contribution is -0.125. The van der Waals surface area contributed by atoms with Gasteiger partial charge in [0.25, 0.3) is 10.2 Å². The van der Waals surface area contributed by atoms with Gasteiger partial charge in [0.2, 0.25) is 5.91 Å². The first kappa shape index (κ1) is 20.4. The molecule has 1 amide bonds. The molecule has 2 saturated heterocycles. The van der Waals surface area contributed by atoms with Crippen LogP contribution in [0.2, 0.25) is 0 Å². The highest BCUT2D eigenvalue weighted by atomic mass is 32.2. The Morgan fingerprint density at radius 1 is 1.03 bits per heavy atom. The number of carbonyl (C=O) groups excluding carboxylic acids is 1. The molecule has 2 aliphatic rings. The summed E-state index contributed by atoms with van der Waals surface area (Å²) in [5, 5.41) is 0.783. The zero-order chi connectivity index (χ0) is 20.3. The van der Waals surface area contributed by atoms with Crippen LogP contribution in [0.25, 0.3) is 16.3 Å². The topological polar surface area (TPSA) is 83.1 Å². The number of morpholine rings is 1. The number of thiazole rings is 1. The van der Waals surface area contributed by atoms with E-state index in [1.165, 1.54) is 26.0 Å². The molecule has 0 aliphatic carbocycles. The molecular weight excluding hydrogens is 412 g/mol. The summed E-state index contributed by atoms with van der Waals surface area (Å²) >= 11 is 1.54. The number of hydrogen-bond acceptors (Lipinski definition) is 6. The maximum absolute atomic E-state index is 12.8. The van der Waals surface area contributed by atoms with Crippen molar-refractivity contribution in [3.05, 3.63) is 35.3 Å². The van der Waals surface area contributed by atoms with E-state index in [1.807, 2.05) is 24.3 Å². The average molecular weight is 437 g/mol. The first-order valence-corrected chi connectivity index (χ1v) is 11.9. The van der Waals surface area contributed by atoms with Gasteiger partial charge in [0.1, 0.15) is 5.01 Å². The summed E-state index contributed by atoms with van der Waals surface area (Å²) in [5.74, 6) is -0.116. The number of amides is 1. The molecule has 156 valence electrons. The van der Waals surface area contributed by atoms with Crippen molar-refractivity contribution in [2.75, 3.05) is 52.5 Å². The highest BCUT2D eigenvalue weighted by Gasteiger charge is 2.32. The standard InChI is InChI=1S/C19H24N4O4S2/c24-19(7-6-18-20-16-4-1-2-5-17(16)28-18)21-8-3-9-22(11-10-21)29(25,26)23-12-14-27-15-13-23/h1-2,4-7H,3,8-15H2/b7-6+. The Hall–Kier alpha value is -1.85. The van der Waals surface area contributed by atoms with Crippen LogP contribution in [0.15, 0.2) is 30.3 Å². The van der Waals surface area contributed by atoms with Gasteiger partial charge in [-0.15, -0.1) is 11.3 Å². The molecule has 8 nitrogen and oxygen atoms in total. The van der Waals surface area contributed by atoms with Crippen LogP contribution in [0, 0.1) is 0 Å². The molecule has 0 atom stereocenters. The van der Waals surface area contributed by atoms with Crippen molar-refractivity contribution in [3.63, 3.8) is 0 Å². The smallest absolute Gasteiger partial charge is 0.282 e. The van der Waals surface area contributed by atoms with E-state index in [1.54, 1.807) is 11.0 Å². The quantitative estimate of drug-likeness (QED) is 0.677. The number of ether oxygens (including phenoxy) is 1. The largest absolute Gasteiger partial charge is 0.379 e. The molecule has 29 heavy (non-hydrogen) atoms. The zero-order valence-electron chi connectivity index (χ0n) is 16.1. The third-order valence-electron chi connectivity index (χ3n) is 5.07. The van der Waals surface area contributed by atoms with Crippen LogP contribution in [0.3, 0.4) is 0 Å². The van der Waals surface area contributed by atoms with E-state index >= 15 is 0 Å². The maximum atomic E-state index is 12.8. The van der Waals surface area contributed by atoms with E-state index < -0.39 is 10.2 Å². The fraction of sp³-hybridized carbons (Fsp3) is 0.474. The van der Waals surface area contributed by atoms with Crippen molar-refractivity contribution in [2.45, 2.75) is 6.42 Å². The molecule has 1 aromatic heterocycles. The first-order chi connectivity index (χ1) is 14.0. The number of benzene rings is 1. The minimum atomic E-state index is -3.51. The minimum absolute atomic E-state index is 0.116. The van der Waals surface area contributed by atoms with E-state index in [0.29, 0.717) is 58.9 Å². The predicted octanol–water partition coefficient (Wildman–Crippen LogP) is 1.42. The lowest BCUT2D eigenvalue weighted by Gasteiger charge is -2.31. The Labute approximate surface area is 174 Å². The Balaban J connectivity index is 1.38. The summed E-state index contributed by atoms with van der Waals surface area (Å²) in [6.07, 6.45) is 3.88. The summed E-state index contributed by atoms with van der Waals surface area (Å²) in [7, 11) is -3.51. The second-order valence-electron chi connectivity index (χ2n) is 6.95. The van der Waals surface area contributed by atoms with Gasteiger partial charge in [-0.1, -0.05) is 12.1 Å². The molecule has 2 fully saturated rings. The zero-order valence-corrected chi connectivity index (χ0v) is 17.7. The number of carbonyl (C=O) groups is 1. The number of fused-ring (bicyclic) bond motifs is 1. The van der Waals surface area contributed by atoms with Crippen LogP contribution < -0.4 is 0 Å². The monoisotopic (exact) mass is 436 g/mol. The van der Waals surface area contributed by atoms with E-state index in [2.05, 4.69) is 4.98 Å². The highest BCUT2D eigenvalue weighted by molar-refractivity contribution is 7.86. The van der Waals surface area contributed by atoms with Crippen molar-refractivity contribution in [1.82, 2.24) is 18.5 Å². The molecular formula is C19H24N4O4S2. The van der Waals surface area contributed by atoms with Gasteiger partial charge >= 0.3 is 0 Å². The first-order valence-electron chi connectivity index (χ1n) is 9.69. The SMILES string of the molecule is O=C(/C=C/c1nc2ccccc2s1)N1CCCN(S(=O)(=O)N2CCOCC2)CC1. The Morgan fingerprint density at radius 2 is 1.79 bits per heavy atom. The molecule has 1 aromatic carbocycles. The average Bonchev–Trinajstić information content (AvgIpc) is 2.99. The second kappa shape index (κ2) is 8.88. The van der Waals surface area contributed by atoms with Crippen LogP contribution in [0.5, 0.6) is 0 Å². The van der Waals surface area contributed by atoms with E-state index in [-0.39, 0.29) is 5.91 Å². The Bertz CT molecular complexity index is 966. The molecule has 2 aromatic rings. The maximum Gasteiger partial charge on any atom is 0.282 e. The van der Waals surface area contributed by atoms with E-state index in [9.17, 15) is 13.2 Å². The summed E-state index contributed by atoms with van der Waals surface area (Å²) in [6, 6.07) is 7.86. The molecule has 3 heterocycles. The fourth-order valence-electron chi connectivity index (χ4n) is 3.49. The van der Waals surface area contributed by atoms with Gasteiger partial charge in [-0.3, -0.25) is 4.79 Å². The van der Waals surface area contributed by atoms with E-state index in [0.717, 1.165) is 15.2 Å². The Kier molecular flexibility index (Phi) is 6.26. The molecule has 0 saturated carbocycles. The van der Waals surface area contributed by atoms with Gasteiger partial charge in [0.15, 0.2) is 0 Å². The molecule has 10 heteroatoms. The van der Waals surface area contributed by atoms with Gasteiger partial charge in [0, 0.05) is 45.3 Å². The Morgan fingerprint density at radius 3 is 2.59 bits per heavy atom. The van der Waals surface area contributed by atoms with Crippen LogP contribution in [0.1, 0.15) is 11.4 Å². The van der Waals surface area contributed by atoms with Crippen molar-refractivity contribution < 1.29 is 17.9 Å².